The maximum Gasteiger partial charge on any atom is 0.282 e. The van der Waals surface area contributed by atoms with Crippen LogP contribution in [0.2, 0.25) is 0 Å². The molecule has 0 atom stereocenters. The van der Waals surface area contributed by atoms with Gasteiger partial charge in [-0.05, 0) is 36.8 Å². The summed E-state index contributed by atoms with van der Waals surface area (Å²) in [6.45, 7) is 4.09. The quantitative estimate of drug-likeness (QED) is 0.456. The molecule has 0 aromatic heterocycles. The van der Waals surface area contributed by atoms with Crippen molar-refractivity contribution in [1.82, 2.24) is 4.90 Å². The lowest BCUT2D eigenvalue weighted by molar-refractivity contribution is -0.120. The van der Waals surface area contributed by atoms with E-state index in [4.69, 9.17) is 18.9 Å². The largest absolute Gasteiger partial charge is 0.497 e. The smallest absolute Gasteiger partial charge is 0.282 e. The molecule has 0 fully saturated rings. The number of benzene rings is 2. The Morgan fingerprint density at radius 3 is 2.09 bits per heavy atom. The van der Waals surface area contributed by atoms with Gasteiger partial charge in [-0.25, -0.2) is 4.90 Å². The van der Waals surface area contributed by atoms with Crippen molar-refractivity contribution in [2.24, 2.45) is 0 Å². The van der Waals surface area contributed by atoms with Crippen LogP contribution in [0.1, 0.15) is 12.5 Å². The van der Waals surface area contributed by atoms with Gasteiger partial charge in [-0.2, -0.15) is 0 Å². The maximum atomic E-state index is 13.7. The zero-order chi connectivity index (χ0) is 23.8. The zero-order valence-corrected chi connectivity index (χ0v) is 19.5. The van der Waals surface area contributed by atoms with Crippen LogP contribution in [0.5, 0.6) is 11.5 Å². The number of carbonyl (C=O) groups excluding carboxylic acids is 2. The summed E-state index contributed by atoms with van der Waals surface area (Å²) in [5, 5.41) is 0. The number of hydrogen-bond acceptors (Lipinski definition) is 7. The molecule has 0 saturated carbocycles. The fourth-order valence-corrected chi connectivity index (χ4v) is 3.68. The first-order valence-electron chi connectivity index (χ1n) is 10.8. The minimum absolute atomic E-state index is 0.320. The number of nitrogens with zero attached hydrogens (tertiary/aromatic N) is 2. The van der Waals surface area contributed by atoms with Gasteiger partial charge in [0.15, 0.2) is 0 Å². The molecule has 0 unspecified atom stereocenters. The number of hydrogen-bond donors (Lipinski definition) is 0. The summed E-state index contributed by atoms with van der Waals surface area (Å²) >= 11 is 0. The van der Waals surface area contributed by atoms with Crippen LogP contribution in [-0.4, -0.2) is 71.0 Å². The van der Waals surface area contributed by atoms with E-state index in [1.165, 1.54) is 4.90 Å². The lowest BCUT2D eigenvalue weighted by atomic mass is 10.0. The third-order valence-corrected chi connectivity index (χ3v) is 5.27. The minimum atomic E-state index is -0.399. The summed E-state index contributed by atoms with van der Waals surface area (Å²) in [5.41, 5.74) is 1.73. The van der Waals surface area contributed by atoms with Crippen molar-refractivity contribution < 1.29 is 28.5 Å². The van der Waals surface area contributed by atoms with Gasteiger partial charge in [0.05, 0.1) is 38.2 Å². The molecule has 33 heavy (non-hydrogen) atoms. The van der Waals surface area contributed by atoms with Crippen molar-refractivity contribution >= 4 is 23.1 Å². The number of ether oxygens (including phenoxy) is 4. The molecule has 1 aliphatic rings. The van der Waals surface area contributed by atoms with E-state index in [2.05, 4.69) is 0 Å². The topological polar surface area (TPSA) is 77.5 Å². The molecule has 1 aliphatic heterocycles. The van der Waals surface area contributed by atoms with E-state index in [9.17, 15) is 9.59 Å². The average molecular weight is 455 g/mol. The summed E-state index contributed by atoms with van der Waals surface area (Å²) in [5.74, 6) is 0.455. The Hall–Kier alpha value is -3.36. The van der Waals surface area contributed by atoms with E-state index in [1.54, 1.807) is 69.9 Å². The van der Waals surface area contributed by atoms with Gasteiger partial charge >= 0.3 is 0 Å². The van der Waals surface area contributed by atoms with Crippen molar-refractivity contribution in [2.45, 2.75) is 6.92 Å². The highest BCUT2D eigenvalue weighted by atomic mass is 16.5. The van der Waals surface area contributed by atoms with Crippen LogP contribution in [-0.2, 0) is 19.1 Å². The lowest BCUT2D eigenvalue weighted by Crippen LogP contribution is -2.37. The second kappa shape index (κ2) is 11.5. The number of imide groups is 1. The molecule has 3 rings (SSSR count). The first-order chi connectivity index (χ1) is 16.0. The van der Waals surface area contributed by atoms with Crippen LogP contribution < -0.4 is 14.4 Å². The van der Waals surface area contributed by atoms with E-state index in [-0.39, 0.29) is 0 Å². The Bertz CT molecular complexity index is 994. The summed E-state index contributed by atoms with van der Waals surface area (Å²) in [6.07, 6.45) is 0. The van der Waals surface area contributed by atoms with Crippen LogP contribution in [0.3, 0.4) is 0 Å². The molecule has 8 nitrogen and oxygen atoms in total. The van der Waals surface area contributed by atoms with Crippen LogP contribution in [0.15, 0.2) is 54.2 Å². The fraction of sp³-hybridized carbons (Fsp3) is 0.360. The second-order valence-electron chi connectivity index (χ2n) is 7.30. The van der Waals surface area contributed by atoms with Gasteiger partial charge in [0.1, 0.15) is 17.2 Å². The summed E-state index contributed by atoms with van der Waals surface area (Å²) in [4.78, 5) is 30.4. The van der Waals surface area contributed by atoms with E-state index < -0.39 is 11.8 Å². The van der Waals surface area contributed by atoms with Crippen LogP contribution in [0, 0.1) is 0 Å². The third kappa shape index (κ3) is 5.35. The standard InChI is InChI=1S/C25H30N2O6/c1-5-33-20-11-9-18(10-12-20)22-23(26(13-15-30-2)14-16-31-3)25(29)27(24(22)28)19-7-6-8-21(17-19)32-4/h6-12,17H,5,13-16H2,1-4H3. The molecule has 0 N–H and O–H groups in total. The normalized spacial score (nSPS) is 13.6. The van der Waals surface area contributed by atoms with Gasteiger partial charge in [-0.3, -0.25) is 9.59 Å². The predicted molar refractivity (Wildman–Crippen MR) is 125 cm³/mol. The van der Waals surface area contributed by atoms with E-state index >= 15 is 0 Å². The predicted octanol–water partition coefficient (Wildman–Crippen LogP) is 2.97. The van der Waals surface area contributed by atoms with Gasteiger partial charge in [-0.1, -0.05) is 18.2 Å². The van der Waals surface area contributed by atoms with Crippen molar-refractivity contribution in [3.05, 3.63) is 59.8 Å². The molecule has 1 heterocycles. The maximum absolute atomic E-state index is 13.7. The molecule has 2 aromatic carbocycles. The van der Waals surface area contributed by atoms with Crippen LogP contribution in [0.25, 0.3) is 5.57 Å². The first kappa shape index (κ1) is 24.3. The SMILES string of the molecule is CCOc1ccc(C2=C(N(CCOC)CCOC)C(=O)N(c3cccc(OC)c3)C2=O)cc1. The van der Waals surface area contributed by atoms with Crippen molar-refractivity contribution in [3.63, 3.8) is 0 Å². The summed E-state index contributed by atoms with van der Waals surface area (Å²) in [7, 11) is 4.74. The molecule has 0 saturated heterocycles. The van der Waals surface area contributed by atoms with E-state index in [0.29, 0.717) is 66.9 Å². The molecule has 0 bridgehead atoms. The third-order valence-electron chi connectivity index (χ3n) is 5.27. The van der Waals surface area contributed by atoms with Gasteiger partial charge in [0, 0.05) is 33.4 Å². The first-order valence-corrected chi connectivity index (χ1v) is 10.8. The van der Waals surface area contributed by atoms with Gasteiger partial charge < -0.3 is 23.8 Å². The Morgan fingerprint density at radius 1 is 0.848 bits per heavy atom. The van der Waals surface area contributed by atoms with Crippen molar-refractivity contribution in [2.75, 3.05) is 59.1 Å². The Kier molecular flexibility index (Phi) is 8.46. The van der Waals surface area contributed by atoms with Gasteiger partial charge in [0.25, 0.3) is 11.8 Å². The highest BCUT2D eigenvalue weighted by Crippen LogP contribution is 2.36. The van der Waals surface area contributed by atoms with E-state index in [1.807, 2.05) is 11.8 Å². The summed E-state index contributed by atoms with van der Waals surface area (Å²) < 4.78 is 21.3. The summed E-state index contributed by atoms with van der Waals surface area (Å²) in [6, 6.07) is 14.1. The lowest BCUT2D eigenvalue weighted by Gasteiger charge is -2.25. The monoisotopic (exact) mass is 454 g/mol. The molecule has 0 radical (unpaired) electrons. The van der Waals surface area contributed by atoms with Crippen LogP contribution in [0.4, 0.5) is 5.69 Å². The molecule has 2 amide bonds. The molecule has 0 aliphatic carbocycles. The molecule has 8 heteroatoms. The van der Waals surface area contributed by atoms with Crippen molar-refractivity contribution in [3.8, 4) is 11.5 Å². The second-order valence-corrected chi connectivity index (χ2v) is 7.30. The van der Waals surface area contributed by atoms with Gasteiger partial charge in [-0.15, -0.1) is 0 Å². The number of anilines is 1. The molecular weight excluding hydrogens is 424 g/mol. The zero-order valence-electron chi connectivity index (χ0n) is 19.5. The number of carbonyl (C=O) groups is 2. The Morgan fingerprint density at radius 2 is 1.52 bits per heavy atom. The highest BCUT2D eigenvalue weighted by Gasteiger charge is 2.42. The van der Waals surface area contributed by atoms with E-state index in [0.717, 1.165) is 0 Å². The molecule has 176 valence electrons. The Labute approximate surface area is 194 Å². The number of amides is 2. The average Bonchev–Trinajstić information content (AvgIpc) is 3.10. The highest BCUT2D eigenvalue weighted by molar-refractivity contribution is 6.45. The fourth-order valence-electron chi connectivity index (χ4n) is 3.68. The molecule has 2 aromatic rings. The van der Waals surface area contributed by atoms with Crippen LogP contribution >= 0.6 is 0 Å². The minimum Gasteiger partial charge on any atom is -0.497 e. The molecular formula is C25H30N2O6. The Balaban J connectivity index is 2.10. The molecule has 0 spiro atoms. The van der Waals surface area contributed by atoms with Crippen molar-refractivity contribution in [1.29, 1.82) is 0 Å². The van der Waals surface area contributed by atoms with Gasteiger partial charge in [0.2, 0.25) is 0 Å². The number of methoxy groups -OCH3 is 3. The number of rotatable bonds is 12.